The number of aromatic nitrogens is 1. The molecule has 0 radical (unpaired) electrons. The molecule has 1 aromatic heterocycles. The second-order valence-electron chi connectivity index (χ2n) is 15.1. The van der Waals surface area contributed by atoms with Crippen LogP contribution < -0.4 is 15.4 Å². The average Bonchev–Trinajstić information content (AvgIpc) is 3.69. The Hall–Kier alpha value is -5.53. The van der Waals surface area contributed by atoms with Crippen molar-refractivity contribution in [1.82, 2.24) is 20.5 Å². The molecule has 2 aliphatic carbocycles. The van der Waals surface area contributed by atoms with Crippen LogP contribution in [-0.2, 0) is 19.1 Å². The number of carbonyl (C=O) groups is 4. The molecule has 3 fully saturated rings. The number of nitro groups is 1. The van der Waals surface area contributed by atoms with Crippen LogP contribution in [0.1, 0.15) is 65.7 Å². The van der Waals surface area contributed by atoms with E-state index in [0.717, 1.165) is 24.8 Å². The van der Waals surface area contributed by atoms with E-state index < -0.39 is 64.0 Å². The number of nitrogens with one attached hydrogen (secondary N) is 2. The summed E-state index contributed by atoms with van der Waals surface area (Å²) in [6, 6.07) is 13.1. The third-order valence-corrected chi connectivity index (χ3v) is 10.3. The molecule has 0 bridgehead atoms. The van der Waals surface area contributed by atoms with Crippen molar-refractivity contribution in [1.29, 1.82) is 0 Å². The standard InChI is InChI=1S/C39H45N5O9/c1-5-25-21-39(25,36(47)48)42-34(45)31-19-27(22-43(31)35(46)33(24-14-10-7-11-15-24)41-37(49)53-38(2,3)4)52-32-20-30(23-12-8-6-9-13-23)40-29-17-16-26(44(50)51)18-28(29)32/h5-6,8-9,12-13,16-18,20,24-25,27,31,33H,1,7,10-11,14-15,19,21-22H2,2-4H3,(H,41,49)(H,42,45)(H,47,48)/t25?,27?,31-,33-,39+/m0/s1. The van der Waals surface area contributed by atoms with E-state index in [1.807, 2.05) is 30.3 Å². The summed E-state index contributed by atoms with van der Waals surface area (Å²) < 4.78 is 12.1. The highest BCUT2D eigenvalue weighted by molar-refractivity contribution is 5.96. The second-order valence-corrected chi connectivity index (χ2v) is 15.1. The van der Waals surface area contributed by atoms with Gasteiger partial charge >= 0.3 is 12.1 Å². The number of amides is 3. The highest BCUT2D eigenvalue weighted by Gasteiger charge is 2.61. The average molecular weight is 728 g/mol. The molecule has 0 spiro atoms. The Labute approximate surface area is 307 Å². The summed E-state index contributed by atoms with van der Waals surface area (Å²) in [6.07, 6.45) is 4.18. The highest BCUT2D eigenvalue weighted by Crippen LogP contribution is 2.45. The number of hydrogen-bond donors (Lipinski definition) is 3. The lowest BCUT2D eigenvalue weighted by Gasteiger charge is -2.35. The number of nitro benzene ring substituents is 1. The molecule has 53 heavy (non-hydrogen) atoms. The second kappa shape index (κ2) is 14.8. The number of benzene rings is 2. The lowest BCUT2D eigenvalue weighted by atomic mass is 9.83. The summed E-state index contributed by atoms with van der Waals surface area (Å²) in [6.45, 7) is 8.79. The number of likely N-dealkylation sites (tertiary alicyclic amines) is 1. The van der Waals surface area contributed by atoms with Gasteiger partial charge in [0.05, 0.1) is 22.7 Å². The summed E-state index contributed by atoms with van der Waals surface area (Å²) in [5, 5.41) is 27.7. The van der Waals surface area contributed by atoms with E-state index in [0.29, 0.717) is 29.4 Å². The van der Waals surface area contributed by atoms with Gasteiger partial charge in [-0.25, -0.2) is 14.6 Å². The zero-order chi connectivity index (χ0) is 38.1. The van der Waals surface area contributed by atoms with E-state index in [-0.39, 0.29) is 36.7 Å². The number of hydrogen-bond acceptors (Lipinski definition) is 9. The molecule has 2 aromatic carbocycles. The largest absolute Gasteiger partial charge is 0.488 e. The predicted octanol–water partition coefficient (Wildman–Crippen LogP) is 5.78. The van der Waals surface area contributed by atoms with Crippen molar-refractivity contribution in [3.05, 3.63) is 77.4 Å². The maximum Gasteiger partial charge on any atom is 0.408 e. The maximum absolute atomic E-state index is 14.7. The molecular weight excluding hydrogens is 682 g/mol. The van der Waals surface area contributed by atoms with Gasteiger partial charge in [0, 0.05) is 41.5 Å². The van der Waals surface area contributed by atoms with Crippen molar-refractivity contribution < 1.29 is 38.7 Å². The quantitative estimate of drug-likeness (QED) is 0.124. The number of pyridine rings is 1. The molecule has 2 unspecified atom stereocenters. The number of carbonyl (C=O) groups excluding carboxylic acids is 3. The van der Waals surface area contributed by atoms with Gasteiger partial charge in [0.25, 0.3) is 5.69 Å². The molecule has 2 heterocycles. The molecule has 1 saturated heterocycles. The third-order valence-electron chi connectivity index (χ3n) is 10.3. The summed E-state index contributed by atoms with van der Waals surface area (Å²) in [5.74, 6) is -2.82. The number of rotatable bonds is 11. The van der Waals surface area contributed by atoms with E-state index in [2.05, 4.69) is 17.2 Å². The Morgan fingerprint density at radius 2 is 1.81 bits per heavy atom. The molecule has 5 atom stereocenters. The minimum absolute atomic E-state index is 0.0186. The minimum Gasteiger partial charge on any atom is -0.488 e. The fraction of sp³-hybridized carbons (Fsp3) is 0.462. The van der Waals surface area contributed by atoms with Gasteiger partial charge in [0.15, 0.2) is 0 Å². The van der Waals surface area contributed by atoms with Gasteiger partial charge in [-0.2, -0.15) is 0 Å². The van der Waals surface area contributed by atoms with Gasteiger partial charge in [0.2, 0.25) is 11.8 Å². The smallest absolute Gasteiger partial charge is 0.408 e. The molecule has 6 rings (SSSR count). The first-order valence-electron chi connectivity index (χ1n) is 18.0. The number of non-ortho nitro benzene ring substituents is 1. The van der Waals surface area contributed by atoms with Gasteiger partial charge in [-0.1, -0.05) is 55.7 Å². The minimum atomic E-state index is -1.55. The molecule has 280 valence electrons. The van der Waals surface area contributed by atoms with Crippen molar-refractivity contribution >= 4 is 40.5 Å². The Kier molecular flexibility index (Phi) is 10.4. The first kappa shape index (κ1) is 37.2. The van der Waals surface area contributed by atoms with Crippen LogP contribution in [0.3, 0.4) is 0 Å². The van der Waals surface area contributed by atoms with Crippen LogP contribution in [0.5, 0.6) is 5.75 Å². The zero-order valence-corrected chi connectivity index (χ0v) is 30.1. The summed E-state index contributed by atoms with van der Waals surface area (Å²) >= 11 is 0. The first-order chi connectivity index (χ1) is 25.2. The summed E-state index contributed by atoms with van der Waals surface area (Å²) in [5.41, 5.74) is -0.762. The van der Waals surface area contributed by atoms with Crippen molar-refractivity contribution in [2.24, 2.45) is 11.8 Å². The number of aliphatic carboxylic acids is 1. The summed E-state index contributed by atoms with van der Waals surface area (Å²) in [7, 11) is 0. The molecule has 3 amide bonds. The number of carboxylic acids is 1. The van der Waals surface area contributed by atoms with Crippen LogP contribution in [0.25, 0.3) is 22.2 Å². The lowest BCUT2D eigenvalue weighted by Crippen LogP contribution is -2.58. The Morgan fingerprint density at radius 1 is 1.09 bits per heavy atom. The lowest BCUT2D eigenvalue weighted by molar-refractivity contribution is -0.384. The predicted molar refractivity (Wildman–Crippen MR) is 195 cm³/mol. The van der Waals surface area contributed by atoms with Crippen LogP contribution >= 0.6 is 0 Å². The van der Waals surface area contributed by atoms with Gasteiger partial charge in [-0.05, 0) is 52.0 Å². The number of carboxylic acid groups (broad SMARTS) is 1. The molecule has 3 N–H and O–H groups in total. The van der Waals surface area contributed by atoms with E-state index in [4.69, 9.17) is 14.5 Å². The zero-order valence-electron chi connectivity index (χ0n) is 30.1. The van der Waals surface area contributed by atoms with Crippen molar-refractivity contribution in [3.8, 4) is 17.0 Å². The van der Waals surface area contributed by atoms with Crippen LogP contribution in [-0.4, -0.2) is 79.7 Å². The number of nitrogens with zero attached hydrogens (tertiary/aromatic N) is 3. The van der Waals surface area contributed by atoms with Crippen molar-refractivity contribution in [3.63, 3.8) is 0 Å². The third kappa shape index (κ3) is 8.11. The van der Waals surface area contributed by atoms with Gasteiger partial charge < -0.3 is 30.1 Å². The van der Waals surface area contributed by atoms with Crippen molar-refractivity contribution in [2.45, 2.75) is 95.0 Å². The van der Waals surface area contributed by atoms with Gasteiger partial charge in [-0.3, -0.25) is 19.7 Å². The van der Waals surface area contributed by atoms with E-state index >= 15 is 0 Å². The fourth-order valence-electron chi connectivity index (χ4n) is 7.49. The Morgan fingerprint density at radius 3 is 2.43 bits per heavy atom. The first-order valence-corrected chi connectivity index (χ1v) is 18.0. The molecule has 3 aliphatic rings. The summed E-state index contributed by atoms with van der Waals surface area (Å²) in [4.78, 5) is 71.5. The molecule has 14 nitrogen and oxygen atoms in total. The van der Waals surface area contributed by atoms with E-state index in [1.165, 1.54) is 23.1 Å². The maximum atomic E-state index is 14.7. The molecule has 1 aliphatic heterocycles. The van der Waals surface area contributed by atoms with E-state index in [9.17, 15) is 34.4 Å². The SMILES string of the molecule is C=CC1C[C@]1(NC(=O)[C@@H]1CC(Oc2cc(-c3ccccc3)nc3ccc([N+](=O)[O-])cc23)CN1C(=O)[C@@H](NC(=O)OC(C)(C)C)C1CCCCC1)C(=O)O. The molecule has 3 aromatic rings. The monoisotopic (exact) mass is 727 g/mol. The van der Waals surface area contributed by atoms with Gasteiger partial charge in [-0.15, -0.1) is 6.58 Å². The number of fused-ring (bicyclic) bond motifs is 1. The van der Waals surface area contributed by atoms with Crippen LogP contribution in [0.4, 0.5) is 10.5 Å². The molecular formula is C39H45N5O9. The Bertz CT molecular complexity index is 1920. The fourth-order valence-corrected chi connectivity index (χ4v) is 7.49. The van der Waals surface area contributed by atoms with Gasteiger partial charge in [0.1, 0.15) is 35.1 Å². The number of ether oxygens (including phenoxy) is 2. The topological polar surface area (TPSA) is 190 Å². The highest BCUT2D eigenvalue weighted by atomic mass is 16.6. The number of alkyl carbamates (subject to hydrolysis) is 1. The molecule has 2 saturated carbocycles. The van der Waals surface area contributed by atoms with Crippen LogP contribution in [0.15, 0.2) is 67.3 Å². The van der Waals surface area contributed by atoms with Crippen LogP contribution in [0, 0.1) is 22.0 Å². The van der Waals surface area contributed by atoms with Crippen molar-refractivity contribution in [2.75, 3.05) is 6.54 Å². The normalized spacial score (nSPS) is 23.5. The Balaban J connectivity index is 1.36. The van der Waals surface area contributed by atoms with Crippen LogP contribution in [0.2, 0.25) is 0 Å². The van der Waals surface area contributed by atoms with E-state index in [1.54, 1.807) is 32.9 Å². The molecule has 14 heteroatoms.